The van der Waals surface area contributed by atoms with Crippen LogP contribution >= 0.6 is 0 Å². The number of hydrogen-bond donors (Lipinski definition) is 1. The Balaban J connectivity index is 3.64. The highest BCUT2D eigenvalue weighted by Crippen LogP contribution is 2.13. The summed E-state index contributed by atoms with van der Waals surface area (Å²) in [6.45, 7) is 9.74. The zero-order valence-electron chi connectivity index (χ0n) is 10.7. The molecule has 0 bridgehead atoms. The lowest BCUT2D eigenvalue weighted by Crippen LogP contribution is -2.30. The molecule has 0 fully saturated rings. The van der Waals surface area contributed by atoms with Gasteiger partial charge in [0.1, 0.15) is 6.10 Å². The predicted molar refractivity (Wildman–Crippen MR) is 61.5 cm³/mol. The molecule has 0 aliphatic rings. The molecule has 0 aromatic heterocycles. The van der Waals surface area contributed by atoms with E-state index in [1.807, 2.05) is 27.7 Å². The van der Waals surface area contributed by atoms with Gasteiger partial charge in [-0.25, -0.2) is 9.78 Å². The van der Waals surface area contributed by atoms with Crippen molar-refractivity contribution in [1.29, 1.82) is 0 Å². The normalized spacial score (nSPS) is 16.4. The molecule has 2 unspecified atom stereocenters. The summed E-state index contributed by atoms with van der Waals surface area (Å²) in [4.78, 5) is 10.3. The van der Waals surface area contributed by atoms with Crippen molar-refractivity contribution in [3.8, 4) is 0 Å². The zero-order valence-corrected chi connectivity index (χ0v) is 10.7. The third kappa shape index (κ3) is 8.85. The van der Waals surface area contributed by atoms with Crippen LogP contribution in [-0.2, 0) is 9.78 Å². The Bertz CT molecular complexity index is 151. The second-order valence-electron chi connectivity index (χ2n) is 5.06. The van der Waals surface area contributed by atoms with Gasteiger partial charge < -0.3 is 5.11 Å². The van der Waals surface area contributed by atoms with Crippen molar-refractivity contribution in [2.75, 3.05) is 0 Å². The van der Waals surface area contributed by atoms with Crippen LogP contribution in [0.5, 0.6) is 0 Å². The van der Waals surface area contributed by atoms with Gasteiger partial charge in [-0.1, -0.05) is 26.2 Å². The Morgan fingerprint density at radius 3 is 2.27 bits per heavy atom. The van der Waals surface area contributed by atoms with Crippen molar-refractivity contribution in [2.24, 2.45) is 0 Å². The number of aliphatic hydroxyl groups excluding tert-OH is 1. The van der Waals surface area contributed by atoms with Gasteiger partial charge in [-0.2, -0.15) is 0 Å². The fraction of sp³-hybridized carbons (Fsp3) is 1.00. The molecule has 0 spiro atoms. The van der Waals surface area contributed by atoms with E-state index in [0.717, 1.165) is 19.3 Å². The van der Waals surface area contributed by atoms with Crippen LogP contribution in [0.3, 0.4) is 0 Å². The monoisotopic (exact) mass is 218 g/mol. The largest absolute Gasteiger partial charge is 0.390 e. The van der Waals surface area contributed by atoms with Crippen LogP contribution in [0.15, 0.2) is 0 Å². The van der Waals surface area contributed by atoms with E-state index in [0.29, 0.717) is 0 Å². The average molecular weight is 218 g/mol. The lowest BCUT2D eigenvalue weighted by atomic mass is 10.1. The highest BCUT2D eigenvalue weighted by atomic mass is 17.2. The molecular formula is C12H26O3. The molecule has 0 rings (SSSR count). The topological polar surface area (TPSA) is 38.7 Å². The van der Waals surface area contributed by atoms with Crippen molar-refractivity contribution < 1.29 is 14.9 Å². The maximum Gasteiger partial charge on any atom is 0.116 e. The van der Waals surface area contributed by atoms with Gasteiger partial charge in [-0.15, -0.1) is 0 Å². The third-order valence-electron chi connectivity index (χ3n) is 2.10. The minimum atomic E-state index is -0.432. The van der Waals surface area contributed by atoms with E-state index in [1.165, 1.54) is 6.42 Å². The highest BCUT2D eigenvalue weighted by Gasteiger charge is 2.19. The molecule has 0 amide bonds. The molecule has 2 atom stereocenters. The first-order chi connectivity index (χ1) is 6.87. The fourth-order valence-corrected chi connectivity index (χ4v) is 1.12. The van der Waals surface area contributed by atoms with Crippen LogP contribution in [0.1, 0.15) is 60.3 Å². The number of aliphatic hydroxyl groups is 1. The van der Waals surface area contributed by atoms with Gasteiger partial charge in [-0.3, -0.25) is 0 Å². The summed E-state index contributed by atoms with van der Waals surface area (Å²) in [5, 5.41) is 9.74. The summed E-state index contributed by atoms with van der Waals surface area (Å²) in [6, 6.07) is 0. The number of rotatable bonds is 7. The molecule has 92 valence electrons. The summed E-state index contributed by atoms with van der Waals surface area (Å²) in [7, 11) is 0. The van der Waals surface area contributed by atoms with Crippen molar-refractivity contribution in [3.63, 3.8) is 0 Å². The van der Waals surface area contributed by atoms with Gasteiger partial charge in [0.15, 0.2) is 0 Å². The van der Waals surface area contributed by atoms with E-state index in [1.54, 1.807) is 0 Å². The Labute approximate surface area is 93.7 Å². The van der Waals surface area contributed by atoms with Crippen molar-refractivity contribution in [3.05, 3.63) is 0 Å². The minimum Gasteiger partial charge on any atom is -0.390 e. The molecule has 0 aliphatic carbocycles. The van der Waals surface area contributed by atoms with Crippen molar-refractivity contribution in [1.82, 2.24) is 0 Å². The lowest BCUT2D eigenvalue weighted by molar-refractivity contribution is -0.380. The van der Waals surface area contributed by atoms with Crippen LogP contribution < -0.4 is 0 Å². The van der Waals surface area contributed by atoms with Crippen molar-refractivity contribution in [2.45, 2.75) is 78.1 Å². The van der Waals surface area contributed by atoms with Crippen LogP contribution in [0.25, 0.3) is 0 Å². The Kier molecular flexibility index (Phi) is 7.14. The SMILES string of the molecule is CCCCCC(O)C(C)OOC(C)(C)C. The van der Waals surface area contributed by atoms with Gasteiger partial charge in [0.05, 0.1) is 11.7 Å². The predicted octanol–water partition coefficient (Wildman–Crippen LogP) is 3.06. The molecule has 0 aliphatic heterocycles. The Morgan fingerprint density at radius 2 is 1.80 bits per heavy atom. The van der Waals surface area contributed by atoms with Crippen LogP contribution in [0.2, 0.25) is 0 Å². The smallest absolute Gasteiger partial charge is 0.116 e. The second-order valence-corrected chi connectivity index (χ2v) is 5.06. The first kappa shape index (κ1) is 14.9. The van der Waals surface area contributed by atoms with E-state index in [-0.39, 0.29) is 11.7 Å². The van der Waals surface area contributed by atoms with Gasteiger partial charge in [0.2, 0.25) is 0 Å². The van der Waals surface area contributed by atoms with E-state index in [4.69, 9.17) is 9.78 Å². The molecule has 15 heavy (non-hydrogen) atoms. The quantitative estimate of drug-likeness (QED) is 0.405. The molecule has 3 heteroatoms. The molecule has 0 aromatic rings. The fourth-order valence-electron chi connectivity index (χ4n) is 1.12. The first-order valence-corrected chi connectivity index (χ1v) is 5.89. The summed E-state index contributed by atoms with van der Waals surface area (Å²) in [5.41, 5.74) is -0.322. The number of hydrogen-bond acceptors (Lipinski definition) is 3. The molecule has 0 heterocycles. The maximum atomic E-state index is 9.74. The average Bonchev–Trinajstić information content (AvgIpc) is 2.13. The molecule has 0 radical (unpaired) electrons. The van der Waals surface area contributed by atoms with Gasteiger partial charge in [0.25, 0.3) is 0 Å². The second kappa shape index (κ2) is 7.20. The molecule has 3 nitrogen and oxygen atoms in total. The lowest BCUT2D eigenvalue weighted by Gasteiger charge is -2.23. The van der Waals surface area contributed by atoms with Crippen molar-refractivity contribution >= 4 is 0 Å². The molecule has 0 aromatic carbocycles. The maximum absolute atomic E-state index is 9.74. The van der Waals surface area contributed by atoms with E-state index < -0.39 is 6.10 Å². The van der Waals surface area contributed by atoms with E-state index in [2.05, 4.69) is 6.92 Å². The summed E-state index contributed by atoms with van der Waals surface area (Å²) in [5.74, 6) is 0. The zero-order chi connectivity index (χ0) is 11.9. The minimum absolute atomic E-state index is 0.263. The van der Waals surface area contributed by atoms with Gasteiger partial charge >= 0.3 is 0 Å². The molecule has 1 N–H and O–H groups in total. The van der Waals surface area contributed by atoms with Crippen LogP contribution in [0, 0.1) is 0 Å². The first-order valence-electron chi connectivity index (χ1n) is 5.89. The summed E-state index contributed by atoms with van der Waals surface area (Å²) < 4.78 is 0. The molecule has 0 saturated heterocycles. The number of unbranched alkanes of at least 4 members (excludes halogenated alkanes) is 2. The van der Waals surface area contributed by atoms with Gasteiger partial charge in [0, 0.05) is 0 Å². The Hall–Kier alpha value is -0.120. The van der Waals surface area contributed by atoms with Crippen LogP contribution in [-0.4, -0.2) is 22.9 Å². The van der Waals surface area contributed by atoms with E-state index in [9.17, 15) is 5.11 Å². The molecule has 0 saturated carbocycles. The molecular weight excluding hydrogens is 192 g/mol. The standard InChI is InChI=1S/C12H26O3/c1-6-7-8-9-11(13)10(2)14-15-12(3,4)5/h10-11,13H,6-9H2,1-5H3. The summed E-state index contributed by atoms with van der Waals surface area (Å²) >= 11 is 0. The van der Waals surface area contributed by atoms with Gasteiger partial charge in [-0.05, 0) is 34.1 Å². The third-order valence-corrected chi connectivity index (χ3v) is 2.10. The highest BCUT2D eigenvalue weighted by molar-refractivity contribution is 4.63. The van der Waals surface area contributed by atoms with E-state index >= 15 is 0 Å². The summed E-state index contributed by atoms with van der Waals surface area (Å²) in [6.07, 6.45) is 3.45. The van der Waals surface area contributed by atoms with Crippen LogP contribution in [0.4, 0.5) is 0 Å². The Morgan fingerprint density at radius 1 is 1.20 bits per heavy atom.